The summed E-state index contributed by atoms with van der Waals surface area (Å²) in [5.41, 5.74) is 3.49. The van der Waals surface area contributed by atoms with Crippen molar-refractivity contribution in [2.75, 3.05) is 6.61 Å². The molecular weight excluding hydrogens is 326 g/mol. The first-order valence-corrected chi connectivity index (χ1v) is 8.69. The Morgan fingerprint density at radius 1 is 1.08 bits per heavy atom. The van der Waals surface area contributed by atoms with E-state index in [0.29, 0.717) is 18.9 Å². The summed E-state index contributed by atoms with van der Waals surface area (Å²) in [5, 5.41) is 0. The Hall–Kier alpha value is -2.95. The summed E-state index contributed by atoms with van der Waals surface area (Å²) < 4.78 is 11.4. The van der Waals surface area contributed by atoms with Gasteiger partial charge in [-0.05, 0) is 57.2 Å². The summed E-state index contributed by atoms with van der Waals surface area (Å²) in [7, 11) is 0. The van der Waals surface area contributed by atoms with Gasteiger partial charge in [0.05, 0.1) is 5.54 Å². The second-order valence-corrected chi connectivity index (χ2v) is 7.16. The predicted octanol–water partition coefficient (Wildman–Crippen LogP) is 4.19. The lowest BCUT2D eigenvalue weighted by Crippen LogP contribution is -2.17. The second-order valence-electron chi connectivity index (χ2n) is 7.16. The summed E-state index contributed by atoms with van der Waals surface area (Å²) in [6, 6.07) is 13.8. The zero-order valence-electron chi connectivity index (χ0n) is 15.2. The van der Waals surface area contributed by atoms with Gasteiger partial charge in [0.1, 0.15) is 18.1 Å². The van der Waals surface area contributed by atoms with E-state index in [4.69, 9.17) is 14.1 Å². The van der Waals surface area contributed by atoms with E-state index in [2.05, 4.69) is 23.8 Å². The lowest BCUT2D eigenvalue weighted by molar-refractivity contribution is 0.279. The minimum absolute atomic E-state index is 0.171. The fourth-order valence-electron chi connectivity index (χ4n) is 2.91. The Morgan fingerprint density at radius 2 is 1.96 bits per heavy atom. The smallest absolute Gasteiger partial charge is 0.216 e. The minimum atomic E-state index is -0.171. The van der Waals surface area contributed by atoms with Crippen LogP contribution in [0.4, 0.5) is 0 Å². The third-order valence-electron chi connectivity index (χ3n) is 4.19. The number of furan rings is 1. The van der Waals surface area contributed by atoms with Crippen LogP contribution in [0.25, 0.3) is 11.5 Å². The highest BCUT2D eigenvalue weighted by Crippen LogP contribution is 2.22. The van der Waals surface area contributed by atoms with Crippen molar-refractivity contribution in [2.45, 2.75) is 32.7 Å². The van der Waals surface area contributed by atoms with E-state index in [1.54, 1.807) is 6.20 Å². The average Bonchev–Trinajstić information content (AvgIpc) is 3.21. The van der Waals surface area contributed by atoms with Gasteiger partial charge in [-0.1, -0.05) is 6.07 Å². The van der Waals surface area contributed by atoms with Crippen LogP contribution in [0.1, 0.15) is 36.6 Å². The number of ether oxygens (including phenoxy) is 1. The van der Waals surface area contributed by atoms with Gasteiger partial charge >= 0.3 is 0 Å². The van der Waals surface area contributed by atoms with Crippen LogP contribution in [-0.2, 0) is 11.2 Å². The van der Waals surface area contributed by atoms with Crippen LogP contribution in [0, 0.1) is 6.92 Å². The fourth-order valence-corrected chi connectivity index (χ4v) is 2.91. The maximum atomic E-state index is 5.73. The summed E-state index contributed by atoms with van der Waals surface area (Å²) in [6.07, 6.45) is 2.43. The van der Waals surface area contributed by atoms with Crippen molar-refractivity contribution < 1.29 is 9.15 Å². The molecule has 0 atom stereocenters. The molecule has 0 radical (unpaired) electrons. The van der Waals surface area contributed by atoms with Crippen molar-refractivity contribution >= 4 is 5.90 Å². The van der Waals surface area contributed by atoms with Crippen LogP contribution < -0.4 is 0 Å². The molecule has 0 unspecified atom stereocenters. The van der Waals surface area contributed by atoms with Gasteiger partial charge in [0.15, 0.2) is 5.76 Å². The normalized spacial score (nSPS) is 15.6. The number of rotatable bonds is 4. The van der Waals surface area contributed by atoms with Crippen LogP contribution in [0.15, 0.2) is 58.1 Å². The van der Waals surface area contributed by atoms with Crippen LogP contribution >= 0.6 is 0 Å². The number of aliphatic imine (C=N–C) groups is 1. The van der Waals surface area contributed by atoms with Crippen LogP contribution in [0.5, 0.6) is 0 Å². The summed E-state index contributed by atoms with van der Waals surface area (Å²) in [5.74, 6) is 2.34. The molecule has 132 valence electrons. The SMILES string of the molecule is Cc1ccc(-c2cccc(Cc3cc(C4=NC(C)(C)CO4)ccn3)n2)o1. The number of hydrogen-bond acceptors (Lipinski definition) is 5. The van der Waals surface area contributed by atoms with Crippen LogP contribution in [0.2, 0.25) is 0 Å². The number of pyridine rings is 2. The van der Waals surface area contributed by atoms with Crippen molar-refractivity contribution in [1.82, 2.24) is 9.97 Å². The quantitative estimate of drug-likeness (QED) is 0.710. The topological polar surface area (TPSA) is 60.5 Å². The van der Waals surface area contributed by atoms with E-state index in [9.17, 15) is 0 Å². The summed E-state index contributed by atoms with van der Waals surface area (Å²) >= 11 is 0. The molecule has 0 bridgehead atoms. The molecule has 0 saturated heterocycles. The number of aryl methyl sites for hydroxylation is 1. The van der Waals surface area contributed by atoms with Crippen molar-refractivity contribution in [2.24, 2.45) is 4.99 Å². The molecule has 0 amide bonds. The first-order valence-electron chi connectivity index (χ1n) is 8.69. The van der Waals surface area contributed by atoms with Crippen LogP contribution in [-0.4, -0.2) is 28.0 Å². The second kappa shape index (κ2) is 6.41. The molecule has 1 aliphatic heterocycles. The molecular formula is C21H21N3O2. The predicted molar refractivity (Wildman–Crippen MR) is 100 cm³/mol. The third kappa shape index (κ3) is 3.52. The molecule has 1 aliphatic rings. The van der Waals surface area contributed by atoms with Gasteiger partial charge in [0.25, 0.3) is 0 Å². The van der Waals surface area contributed by atoms with Crippen LogP contribution in [0.3, 0.4) is 0 Å². The Kier molecular flexibility index (Phi) is 4.07. The molecule has 4 rings (SSSR count). The van der Waals surface area contributed by atoms with Gasteiger partial charge < -0.3 is 9.15 Å². The van der Waals surface area contributed by atoms with Gasteiger partial charge in [0, 0.05) is 29.6 Å². The highest BCUT2D eigenvalue weighted by atomic mass is 16.5. The first kappa shape index (κ1) is 16.5. The molecule has 5 heteroatoms. The molecule has 0 aromatic carbocycles. The summed E-state index contributed by atoms with van der Waals surface area (Å²) in [4.78, 5) is 13.8. The van der Waals surface area contributed by atoms with Crippen molar-refractivity contribution in [3.63, 3.8) is 0 Å². The van der Waals surface area contributed by atoms with E-state index >= 15 is 0 Å². The molecule has 0 fully saturated rings. The molecule has 0 saturated carbocycles. The molecule has 3 aromatic rings. The Bertz CT molecular complexity index is 973. The Balaban J connectivity index is 1.58. The average molecular weight is 347 g/mol. The third-order valence-corrected chi connectivity index (χ3v) is 4.19. The molecule has 0 spiro atoms. The highest BCUT2D eigenvalue weighted by molar-refractivity contribution is 5.95. The molecule has 26 heavy (non-hydrogen) atoms. The Morgan fingerprint density at radius 3 is 2.69 bits per heavy atom. The van der Waals surface area contributed by atoms with Gasteiger partial charge in [-0.3, -0.25) is 4.98 Å². The van der Waals surface area contributed by atoms with Crippen molar-refractivity contribution in [3.05, 3.63) is 71.4 Å². The Labute approximate surface area is 152 Å². The zero-order valence-corrected chi connectivity index (χ0v) is 15.2. The van der Waals surface area contributed by atoms with E-state index in [1.165, 1.54) is 0 Å². The lowest BCUT2D eigenvalue weighted by atomic mass is 10.1. The summed E-state index contributed by atoms with van der Waals surface area (Å²) in [6.45, 7) is 6.66. The van der Waals surface area contributed by atoms with Gasteiger partial charge in [-0.25, -0.2) is 9.98 Å². The standard InChI is InChI=1S/C21H21N3O2/c1-14-7-8-19(26-14)18-6-4-5-16(23-18)12-17-11-15(9-10-22-17)20-24-21(2,3)13-25-20/h4-11H,12-13H2,1-3H3. The number of hydrogen-bond donors (Lipinski definition) is 0. The molecule has 0 aliphatic carbocycles. The fraction of sp³-hybridized carbons (Fsp3) is 0.286. The zero-order chi connectivity index (χ0) is 18.1. The van der Waals surface area contributed by atoms with Gasteiger partial charge in [0.2, 0.25) is 5.90 Å². The van der Waals surface area contributed by atoms with E-state index < -0.39 is 0 Å². The van der Waals surface area contributed by atoms with E-state index in [0.717, 1.165) is 34.2 Å². The molecule has 3 aromatic heterocycles. The lowest BCUT2D eigenvalue weighted by Gasteiger charge is -2.07. The first-order chi connectivity index (χ1) is 12.5. The largest absolute Gasteiger partial charge is 0.475 e. The highest BCUT2D eigenvalue weighted by Gasteiger charge is 2.27. The maximum Gasteiger partial charge on any atom is 0.216 e. The van der Waals surface area contributed by atoms with E-state index in [1.807, 2.05) is 49.4 Å². The molecule has 4 heterocycles. The maximum absolute atomic E-state index is 5.73. The molecule has 5 nitrogen and oxygen atoms in total. The van der Waals surface area contributed by atoms with Crippen molar-refractivity contribution in [1.29, 1.82) is 0 Å². The monoisotopic (exact) mass is 347 g/mol. The van der Waals surface area contributed by atoms with Gasteiger partial charge in [-0.2, -0.15) is 0 Å². The van der Waals surface area contributed by atoms with Crippen molar-refractivity contribution in [3.8, 4) is 11.5 Å². The number of aromatic nitrogens is 2. The van der Waals surface area contributed by atoms with Gasteiger partial charge in [-0.15, -0.1) is 0 Å². The van der Waals surface area contributed by atoms with E-state index in [-0.39, 0.29) is 5.54 Å². The number of nitrogens with zero attached hydrogens (tertiary/aromatic N) is 3. The minimum Gasteiger partial charge on any atom is -0.475 e. The molecule has 0 N–H and O–H groups in total.